The van der Waals surface area contributed by atoms with Crippen LogP contribution in [0.1, 0.15) is 19.4 Å². The van der Waals surface area contributed by atoms with Crippen molar-refractivity contribution in [1.29, 1.82) is 0 Å². The van der Waals surface area contributed by atoms with Gasteiger partial charge in [0.2, 0.25) is 6.79 Å². The maximum atomic E-state index is 14.1. The van der Waals surface area contributed by atoms with Crippen molar-refractivity contribution in [3.63, 3.8) is 0 Å². The van der Waals surface area contributed by atoms with E-state index in [1.165, 1.54) is 19.9 Å². The van der Waals surface area contributed by atoms with Crippen molar-refractivity contribution in [1.82, 2.24) is 0 Å². The molecular formula is C12H12BrFO4. The van der Waals surface area contributed by atoms with Crippen LogP contribution in [0.3, 0.4) is 0 Å². The van der Waals surface area contributed by atoms with Gasteiger partial charge in [-0.15, -0.1) is 0 Å². The molecule has 98 valence electrons. The van der Waals surface area contributed by atoms with Crippen LogP contribution < -0.4 is 9.47 Å². The van der Waals surface area contributed by atoms with Crippen LogP contribution in [-0.4, -0.2) is 17.9 Å². The number of carbonyl (C=O) groups is 1. The summed E-state index contributed by atoms with van der Waals surface area (Å²) >= 11 is 3.09. The number of carboxylic acid groups (broad SMARTS) is 1. The molecule has 18 heavy (non-hydrogen) atoms. The van der Waals surface area contributed by atoms with Crippen molar-refractivity contribution in [3.8, 4) is 11.5 Å². The molecule has 1 aromatic carbocycles. The Labute approximate surface area is 112 Å². The van der Waals surface area contributed by atoms with Crippen LogP contribution in [0, 0.1) is 11.2 Å². The highest BCUT2D eigenvalue weighted by Gasteiger charge is 2.33. The van der Waals surface area contributed by atoms with E-state index in [0.29, 0.717) is 11.5 Å². The molecule has 0 bridgehead atoms. The Morgan fingerprint density at radius 1 is 1.56 bits per heavy atom. The van der Waals surface area contributed by atoms with Crippen molar-refractivity contribution in [3.05, 3.63) is 21.9 Å². The lowest BCUT2D eigenvalue weighted by atomic mass is 9.85. The van der Waals surface area contributed by atoms with E-state index in [2.05, 4.69) is 15.9 Å². The molecule has 0 aliphatic carbocycles. The predicted octanol–water partition coefficient (Wildman–Crippen LogP) is 2.97. The lowest BCUT2D eigenvalue weighted by molar-refractivity contribution is -0.146. The van der Waals surface area contributed by atoms with Crippen molar-refractivity contribution in [2.24, 2.45) is 5.41 Å². The van der Waals surface area contributed by atoms with Gasteiger partial charge >= 0.3 is 5.97 Å². The summed E-state index contributed by atoms with van der Waals surface area (Å²) in [4.78, 5) is 11.1. The highest BCUT2D eigenvalue weighted by atomic mass is 79.9. The van der Waals surface area contributed by atoms with E-state index >= 15 is 0 Å². The fourth-order valence-electron chi connectivity index (χ4n) is 1.73. The summed E-state index contributed by atoms with van der Waals surface area (Å²) in [6.45, 7) is 3.10. The lowest BCUT2D eigenvalue weighted by Crippen LogP contribution is -2.26. The van der Waals surface area contributed by atoms with Gasteiger partial charge in [-0.1, -0.05) is 0 Å². The van der Waals surface area contributed by atoms with Crippen molar-refractivity contribution in [2.45, 2.75) is 20.3 Å². The van der Waals surface area contributed by atoms with Gasteiger partial charge in [-0.25, -0.2) is 4.39 Å². The normalized spacial score (nSPS) is 13.8. The van der Waals surface area contributed by atoms with Gasteiger partial charge in [0, 0.05) is 11.6 Å². The van der Waals surface area contributed by atoms with Gasteiger partial charge < -0.3 is 14.6 Å². The van der Waals surface area contributed by atoms with Crippen LogP contribution in [-0.2, 0) is 11.2 Å². The van der Waals surface area contributed by atoms with Crippen LogP contribution in [0.5, 0.6) is 11.5 Å². The van der Waals surface area contributed by atoms with Crippen LogP contribution >= 0.6 is 15.9 Å². The molecule has 0 fully saturated rings. The molecule has 1 heterocycles. The molecular weight excluding hydrogens is 307 g/mol. The molecule has 1 aliphatic rings. The van der Waals surface area contributed by atoms with Gasteiger partial charge in [0.1, 0.15) is 5.82 Å². The highest BCUT2D eigenvalue weighted by molar-refractivity contribution is 9.10. The summed E-state index contributed by atoms with van der Waals surface area (Å²) in [5.41, 5.74) is -0.856. The number of halogens is 2. The molecule has 4 nitrogen and oxygen atoms in total. The monoisotopic (exact) mass is 318 g/mol. The first kappa shape index (κ1) is 13.1. The van der Waals surface area contributed by atoms with Crippen LogP contribution in [0.4, 0.5) is 4.39 Å². The SMILES string of the molecule is CC(C)(Cc1c(F)c(Br)cc2c1OCO2)C(=O)O. The number of ether oxygens (including phenoxy) is 2. The number of carboxylic acids is 1. The number of hydrogen-bond acceptors (Lipinski definition) is 3. The second-order valence-corrected chi connectivity index (χ2v) is 5.60. The minimum Gasteiger partial charge on any atom is -0.481 e. The third kappa shape index (κ3) is 2.16. The quantitative estimate of drug-likeness (QED) is 0.931. The van der Waals surface area contributed by atoms with Gasteiger partial charge in [0.25, 0.3) is 0 Å². The Kier molecular flexibility index (Phi) is 3.23. The number of aliphatic carboxylic acids is 1. The molecule has 0 saturated carbocycles. The summed E-state index contributed by atoms with van der Waals surface area (Å²) in [6.07, 6.45) is 0.0271. The second kappa shape index (κ2) is 4.42. The predicted molar refractivity (Wildman–Crippen MR) is 65.3 cm³/mol. The van der Waals surface area contributed by atoms with Gasteiger partial charge in [-0.2, -0.15) is 0 Å². The van der Waals surface area contributed by atoms with Crippen LogP contribution in [0.2, 0.25) is 0 Å². The summed E-state index contributed by atoms with van der Waals surface area (Å²) < 4.78 is 24.7. The van der Waals surface area contributed by atoms with Crippen molar-refractivity contribution < 1.29 is 23.8 Å². The first-order chi connectivity index (χ1) is 8.33. The molecule has 2 rings (SSSR count). The Hall–Kier alpha value is -1.30. The first-order valence-corrected chi connectivity index (χ1v) is 6.12. The molecule has 1 aliphatic heterocycles. The highest BCUT2D eigenvalue weighted by Crippen LogP contribution is 2.43. The summed E-state index contributed by atoms with van der Waals surface area (Å²) in [5.74, 6) is -0.771. The molecule has 0 amide bonds. The second-order valence-electron chi connectivity index (χ2n) is 4.75. The van der Waals surface area contributed by atoms with Crippen LogP contribution in [0.15, 0.2) is 10.5 Å². The third-order valence-corrected chi connectivity index (χ3v) is 3.42. The number of benzene rings is 1. The Balaban J connectivity index is 2.48. The summed E-state index contributed by atoms with van der Waals surface area (Å²) in [7, 11) is 0. The Morgan fingerprint density at radius 3 is 2.83 bits per heavy atom. The third-order valence-electron chi connectivity index (χ3n) is 2.85. The average Bonchev–Trinajstić information content (AvgIpc) is 2.72. The van der Waals surface area contributed by atoms with E-state index in [1.54, 1.807) is 0 Å². The summed E-state index contributed by atoms with van der Waals surface area (Å²) in [6, 6.07) is 1.48. The fraction of sp³-hybridized carbons (Fsp3) is 0.417. The van der Waals surface area contributed by atoms with Gasteiger partial charge in [-0.3, -0.25) is 4.79 Å². The molecule has 1 aromatic rings. The maximum absolute atomic E-state index is 14.1. The van der Waals surface area contributed by atoms with Gasteiger partial charge in [-0.05, 0) is 36.2 Å². The minimum absolute atomic E-state index is 0.0196. The number of fused-ring (bicyclic) bond motifs is 1. The van der Waals surface area contributed by atoms with E-state index < -0.39 is 17.2 Å². The van der Waals surface area contributed by atoms with E-state index in [0.717, 1.165) is 0 Å². The Bertz CT molecular complexity index is 513. The van der Waals surface area contributed by atoms with E-state index in [9.17, 15) is 9.18 Å². The smallest absolute Gasteiger partial charge is 0.309 e. The zero-order valence-electron chi connectivity index (χ0n) is 9.92. The lowest BCUT2D eigenvalue weighted by Gasteiger charge is -2.20. The standard InChI is InChI=1S/C12H12BrFO4/c1-12(2,11(15)16)4-6-9(14)7(13)3-8-10(6)18-5-17-8/h3H,4-5H2,1-2H3,(H,15,16). The molecule has 1 N–H and O–H groups in total. The van der Waals surface area contributed by atoms with E-state index in [1.807, 2.05) is 0 Å². The molecule has 0 unspecified atom stereocenters. The average molecular weight is 319 g/mol. The van der Waals surface area contributed by atoms with E-state index in [-0.39, 0.29) is 23.2 Å². The molecule has 0 spiro atoms. The molecule has 0 radical (unpaired) electrons. The summed E-state index contributed by atoms with van der Waals surface area (Å²) in [5, 5.41) is 9.11. The minimum atomic E-state index is -1.08. The molecule has 0 saturated heterocycles. The largest absolute Gasteiger partial charge is 0.481 e. The topological polar surface area (TPSA) is 55.8 Å². The molecule has 0 atom stereocenters. The first-order valence-electron chi connectivity index (χ1n) is 5.33. The van der Waals surface area contributed by atoms with Crippen molar-refractivity contribution in [2.75, 3.05) is 6.79 Å². The Morgan fingerprint density at radius 2 is 2.22 bits per heavy atom. The fourth-order valence-corrected chi connectivity index (χ4v) is 2.18. The zero-order chi connectivity index (χ0) is 13.5. The molecule has 0 aromatic heterocycles. The maximum Gasteiger partial charge on any atom is 0.309 e. The number of hydrogen-bond donors (Lipinski definition) is 1. The van der Waals surface area contributed by atoms with Gasteiger partial charge in [0.05, 0.1) is 9.89 Å². The molecule has 6 heteroatoms. The van der Waals surface area contributed by atoms with E-state index in [4.69, 9.17) is 14.6 Å². The van der Waals surface area contributed by atoms with Gasteiger partial charge in [0.15, 0.2) is 11.5 Å². The van der Waals surface area contributed by atoms with Crippen molar-refractivity contribution >= 4 is 21.9 Å². The zero-order valence-corrected chi connectivity index (χ0v) is 11.5. The number of rotatable bonds is 3. The van der Waals surface area contributed by atoms with Crippen LogP contribution in [0.25, 0.3) is 0 Å².